The first kappa shape index (κ1) is 14.3. The van der Waals surface area contributed by atoms with E-state index in [9.17, 15) is 4.79 Å². The van der Waals surface area contributed by atoms with Gasteiger partial charge >= 0.3 is 5.97 Å². The maximum atomic E-state index is 11.1. The molecule has 0 unspecified atom stereocenters. The molecule has 0 bridgehead atoms. The van der Waals surface area contributed by atoms with Gasteiger partial charge in [-0.1, -0.05) is 34.8 Å². The Balaban J connectivity index is 2.57. The summed E-state index contributed by atoms with van der Waals surface area (Å²) in [6.45, 7) is -0.729. The summed E-state index contributed by atoms with van der Waals surface area (Å²) in [7, 11) is 0. The molecule has 0 aliphatic rings. The highest BCUT2D eigenvalue weighted by atomic mass is 35.5. The van der Waals surface area contributed by atoms with Gasteiger partial charge in [0.1, 0.15) is 11.6 Å². The number of aliphatic hydroxyl groups is 1. The van der Waals surface area contributed by atoms with Crippen LogP contribution in [-0.4, -0.2) is 35.9 Å². The zero-order valence-electron chi connectivity index (χ0n) is 8.45. The zero-order chi connectivity index (χ0) is 12.8. The highest BCUT2D eigenvalue weighted by molar-refractivity contribution is 6.42. The number of aromatic nitrogens is 1. The number of aliphatic hydroxyl groups excluding tert-OH is 1. The predicted octanol–water partition coefficient (Wildman–Crippen LogP) is 1.96. The molecule has 0 fully saturated rings. The third-order valence-electron chi connectivity index (χ3n) is 1.54. The maximum Gasteiger partial charge on any atom is 0.344 e. The second kappa shape index (κ2) is 6.86. The Morgan fingerprint density at radius 1 is 1.35 bits per heavy atom. The Hall–Kier alpha value is -0.750. The van der Waals surface area contributed by atoms with E-state index in [1.165, 1.54) is 6.07 Å². The number of esters is 1. The number of carbonyl (C=O) groups excluding carboxylic acids is 1. The van der Waals surface area contributed by atoms with Crippen LogP contribution >= 0.6 is 34.8 Å². The number of carbonyl (C=O) groups is 1. The molecule has 1 rings (SSSR count). The van der Waals surface area contributed by atoms with Gasteiger partial charge in [0.25, 0.3) is 0 Å². The average Bonchev–Trinajstić information content (AvgIpc) is 2.29. The molecule has 0 saturated carbocycles. The smallest absolute Gasteiger partial charge is 0.344 e. The fourth-order valence-electron chi connectivity index (χ4n) is 0.858. The molecule has 0 amide bonds. The summed E-state index contributed by atoms with van der Waals surface area (Å²) < 4.78 is 9.55. The zero-order valence-corrected chi connectivity index (χ0v) is 10.7. The molecule has 0 aliphatic heterocycles. The first-order chi connectivity index (χ1) is 8.04. The Morgan fingerprint density at radius 3 is 2.71 bits per heavy atom. The topological polar surface area (TPSA) is 68.7 Å². The molecule has 0 spiro atoms. The van der Waals surface area contributed by atoms with Crippen molar-refractivity contribution in [2.75, 3.05) is 19.8 Å². The van der Waals surface area contributed by atoms with Crippen LogP contribution < -0.4 is 4.74 Å². The van der Waals surface area contributed by atoms with E-state index in [0.29, 0.717) is 0 Å². The van der Waals surface area contributed by atoms with Gasteiger partial charge < -0.3 is 14.6 Å². The summed E-state index contributed by atoms with van der Waals surface area (Å²) >= 11 is 17.1. The van der Waals surface area contributed by atoms with E-state index < -0.39 is 5.97 Å². The Bertz CT molecular complexity index is 413. The molecule has 0 aliphatic carbocycles. The van der Waals surface area contributed by atoms with Crippen molar-refractivity contribution in [2.45, 2.75) is 0 Å². The molecule has 1 aromatic rings. The summed E-state index contributed by atoms with van der Waals surface area (Å²) in [5.74, 6) is -0.662. The summed E-state index contributed by atoms with van der Waals surface area (Å²) in [5.41, 5.74) is 0. The second-order valence-corrected chi connectivity index (χ2v) is 3.95. The molecule has 0 radical (unpaired) electrons. The van der Waals surface area contributed by atoms with Gasteiger partial charge in [0.05, 0.1) is 11.6 Å². The minimum Gasteiger partial charge on any atom is -0.465 e. The van der Waals surface area contributed by atoms with Gasteiger partial charge in [0.15, 0.2) is 11.8 Å². The monoisotopic (exact) mass is 299 g/mol. The Labute approximate surface area is 112 Å². The third kappa shape index (κ3) is 4.55. The van der Waals surface area contributed by atoms with E-state index in [-0.39, 0.29) is 40.9 Å². The summed E-state index contributed by atoms with van der Waals surface area (Å²) in [5, 5.41) is 8.77. The van der Waals surface area contributed by atoms with Crippen LogP contribution in [0, 0.1) is 0 Å². The van der Waals surface area contributed by atoms with Crippen molar-refractivity contribution in [1.29, 1.82) is 0 Å². The summed E-state index contributed by atoms with van der Waals surface area (Å²) in [6.07, 6.45) is 0. The van der Waals surface area contributed by atoms with E-state index in [1.807, 2.05) is 0 Å². The molecular weight excluding hydrogens is 292 g/mol. The second-order valence-electron chi connectivity index (χ2n) is 2.78. The number of pyridine rings is 1. The lowest BCUT2D eigenvalue weighted by Gasteiger charge is -2.07. The predicted molar refractivity (Wildman–Crippen MR) is 62.8 cm³/mol. The van der Waals surface area contributed by atoms with Crippen molar-refractivity contribution in [3.05, 3.63) is 21.3 Å². The van der Waals surface area contributed by atoms with Gasteiger partial charge in [-0.05, 0) is 6.07 Å². The van der Waals surface area contributed by atoms with Crippen LogP contribution in [0.1, 0.15) is 0 Å². The van der Waals surface area contributed by atoms with E-state index >= 15 is 0 Å². The Kier molecular flexibility index (Phi) is 5.77. The van der Waals surface area contributed by atoms with Gasteiger partial charge in [0.2, 0.25) is 5.88 Å². The minimum absolute atomic E-state index is 0.0120. The fourth-order valence-corrected chi connectivity index (χ4v) is 1.40. The number of hydrogen-bond donors (Lipinski definition) is 1. The first-order valence-corrected chi connectivity index (χ1v) is 5.58. The molecule has 17 heavy (non-hydrogen) atoms. The molecular formula is C9H8Cl3NO4. The van der Waals surface area contributed by atoms with Gasteiger partial charge in [0, 0.05) is 0 Å². The van der Waals surface area contributed by atoms with Crippen molar-refractivity contribution in [3.8, 4) is 5.88 Å². The third-order valence-corrected chi connectivity index (χ3v) is 2.48. The van der Waals surface area contributed by atoms with Gasteiger partial charge in [-0.25, -0.2) is 4.79 Å². The molecule has 1 N–H and O–H groups in total. The molecule has 0 aromatic carbocycles. The van der Waals surface area contributed by atoms with Gasteiger partial charge in [-0.2, -0.15) is 4.98 Å². The molecule has 94 valence electrons. The number of hydrogen-bond acceptors (Lipinski definition) is 5. The summed E-state index contributed by atoms with van der Waals surface area (Å²) in [6, 6.07) is 1.35. The highest BCUT2D eigenvalue weighted by Gasteiger charge is 2.11. The molecule has 1 heterocycles. The molecule has 8 heteroatoms. The van der Waals surface area contributed by atoms with Crippen LogP contribution in [0.2, 0.25) is 15.2 Å². The van der Waals surface area contributed by atoms with Crippen molar-refractivity contribution in [1.82, 2.24) is 4.98 Å². The molecule has 5 nitrogen and oxygen atoms in total. The fraction of sp³-hybridized carbons (Fsp3) is 0.333. The van der Waals surface area contributed by atoms with Gasteiger partial charge in [-0.3, -0.25) is 0 Å². The number of rotatable bonds is 5. The Morgan fingerprint density at radius 2 is 2.06 bits per heavy atom. The van der Waals surface area contributed by atoms with Crippen molar-refractivity contribution >= 4 is 40.8 Å². The summed E-state index contributed by atoms with van der Waals surface area (Å²) in [4.78, 5) is 14.8. The maximum absolute atomic E-state index is 11.1. The number of ether oxygens (including phenoxy) is 2. The van der Waals surface area contributed by atoms with E-state index in [4.69, 9.17) is 44.6 Å². The normalized spacial score (nSPS) is 10.1. The SMILES string of the molecule is O=C(COc1nc(Cl)c(Cl)cc1Cl)OCCO. The van der Waals surface area contributed by atoms with Crippen LogP contribution in [0.5, 0.6) is 5.88 Å². The largest absolute Gasteiger partial charge is 0.465 e. The standard InChI is InChI=1S/C9H8Cl3NO4/c10-5-3-6(11)9(13-8(5)12)17-4-7(15)16-2-1-14/h3,14H,1-2,4H2. The molecule has 0 saturated heterocycles. The van der Waals surface area contributed by atoms with Crippen LogP contribution in [0.3, 0.4) is 0 Å². The van der Waals surface area contributed by atoms with E-state index in [1.54, 1.807) is 0 Å². The van der Waals surface area contributed by atoms with E-state index in [0.717, 1.165) is 0 Å². The van der Waals surface area contributed by atoms with Crippen LogP contribution in [0.25, 0.3) is 0 Å². The van der Waals surface area contributed by atoms with Crippen LogP contribution in [0.4, 0.5) is 0 Å². The number of nitrogens with zero attached hydrogens (tertiary/aromatic N) is 1. The van der Waals surface area contributed by atoms with Gasteiger partial charge in [-0.15, -0.1) is 0 Å². The minimum atomic E-state index is -0.650. The molecule has 1 aromatic heterocycles. The first-order valence-electron chi connectivity index (χ1n) is 4.45. The van der Waals surface area contributed by atoms with Crippen molar-refractivity contribution in [2.24, 2.45) is 0 Å². The lowest BCUT2D eigenvalue weighted by Crippen LogP contribution is -2.17. The quantitative estimate of drug-likeness (QED) is 0.665. The number of halogens is 3. The van der Waals surface area contributed by atoms with Crippen LogP contribution in [-0.2, 0) is 9.53 Å². The lowest BCUT2D eigenvalue weighted by atomic mass is 10.5. The lowest BCUT2D eigenvalue weighted by molar-refractivity contribution is -0.147. The highest BCUT2D eigenvalue weighted by Crippen LogP contribution is 2.30. The van der Waals surface area contributed by atoms with Crippen molar-refractivity contribution in [3.63, 3.8) is 0 Å². The van der Waals surface area contributed by atoms with Crippen LogP contribution in [0.15, 0.2) is 6.07 Å². The van der Waals surface area contributed by atoms with E-state index in [2.05, 4.69) is 9.72 Å². The molecule has 0 atom stereocenters. The average molecular weight is 301 g/mol. The van der Waals surface area contributed by atoms with Crippen molar-refractivity contribution < 1.29 is 19.4 Å².